The fourth-order valence-electron chi connectivity index (χ4n) is 2.68. The number of hydrogen-bond acceptors (Lipinski definition) is 4. The maximum atomic E-state index is 9.66. The molecule has 0 saturated heterocycles. The fourth-order valence-corrected chi connectivity index (χ4v) is 3.17. The Labute approximate surface area is 162 Å². The number of nitrogens with one attached hydrogen (secondary N) is 1. The SMILES string of the molecule is CCC(Cc1ccccc1)Nc1ccc(-c2cc(Cl)c(O)c(Cl)c2)nn1. The molecular weight excluding hydrogens is 369 g/mol. The molecule has 0 aliphatic heterocycles. The van der Waals surface area contributed by atoms with Crippen LogP contribution in [0, 0.1) is 0 Å². The summed E-state index contributed by atoms with van der Waals surface area (Å²) in [6, 6.07) is 17.6. The van der Waals surface area contributed by atoms with Crippen LogP contribution in [0.5, 0.6) is 5.75 Å². The van der Waals surface area contributed by atoms with Crippen molar-refractivity contribution in [1.82, 2.24) is 10.2 Å². The van der Waals surface area contributed by atoms with Crippen molar-refractivity contribution in [2.45, 2.75) is 25.8 Å². The van der Waals surface area contributed by atoms with Gasteiger partial charge in [0, 0.05) is 11.6 Å². The van der Waals surface area contributed by atoms with E-state index < -0.39 is 0 Å². The van der Waals surface area contributed by atoms with E-state index in [1.54, 1.807) is 12.1 Å². The van der Waals surface area contributed by atoms with Crippen LogP contribution in [0.4, 0.5) is 5.82 Å². The predicted octanol–water partition coefficient (Wildman–Crippen LogP) is 5.59. The first kappa shape index (κ1) is 18.5. The molecule has 4 nitrogen and oxygen atoms in total. The molecule has 0 aliphatic rings. The number of aromatic hydroxyl groups is 1. The molecular formula is C20H19Cl2N3O. The van der Waals surface area contributed by atoms with Crippen molar-refractivity contribution in [2.24, 2.45) is 0 Å². The molecule has 0 bridgehead atoms. The molecule has 2 N–H and O–H groups in total. The van der Waals surface area contributed by atoms with E-state index in [1.165, 1.54) is 5.56 Å². The number of hydrogen-bond donors (Lipinski definition) is 2. The second-order valence-corrected chi connectivity index (χ2v) is 6.85. The molecule has 0 amide bonds. The van der Waals surface area contributed by atoms with Gasteiger partial charge in [-0.1, -0.05) is 60.5 Å². The Morgan fingerprint density at radius 2 is 1.69 bits per heavy atom. The highest BCUT2D eigenvalue weighted by Crippen LogP contribution is 2.35. The van der Waals surface area contributed by atoms with Gasteiger partial charge in [-0.15, -0.1) is 10.2 Å². The maximum absolute atomic E-state index is 9.66. The van der Waals surface area contributed by atoms with Crippen molar-refractivity contribution in [3.8, 4) is 17.0 Å². The van der Waals surface area contributed by atoms with Gasteiger partial charge in [-0.05, 0) is 42.7 Å². The molecule has 1 unspecified atom stereocenters. The largest absolute Gasteiger partial charge is 0.505 e. The summed E-state index contributed by atoms with van der Waals surface area (Å²) in [4.78, 5) is 0. The van der Waals surface area contributed by atoms with Crippen LogP contribution in [0.2, 0.25) is 10.0 Å². The van der Waals surface area contributed by atoms with E-state index in [9.17, 15) is 5.11 Å². The lowest BCUT2D eigenvalue weighted by Gasteiger charge is -2.17. The zero-order valence-corrected chi connectivity index (χ0v) is 15.8. The third-order valence-corrected chi connectivity index (χ3v) is 4.72. The summed E-state index contributed by atoms with van der Waals surface area (Å²) in [6.45, 7) is 2.14. The third-order valence-electron chi connectivity index (χ3n) is 4.15. The van der Waals surface area contributed by atoms with Crippen LogP contribution < -0.4 is 5.32 Å². The molecule has 1 aromatic heterocycles. The van der Waals surface area contributed by atoms with E-state index in [0.717, 1.165) is 12.8 Å². The lowest BCUT2D eigenvalue weighted by molar-refractivity contribution is 0.476. The Morgan fingerprint density at radius 3 is 2.27 bits per heavy atom. The topological polar surface area (TPSA) is 58.0 Å². The van der Waals surface area contributed by atoms with Crippen LogP contribution in [0.3, 0.4) is 0 Å². The lowest BCUT2D eigenvalue weighted by atomic mass is 10.0. The fraction of sp³-hybridized carbons (Fsp3) is 0.200. The Morgan fingerprint density at radius 1 is 1.00 bits per heavy atom. The first-order chi connectivity index (χ1) is 12.6. The highest BCUT2D eigenvalue weighted by molar-refractivity contribution is 6.37. The second kappa shape index (κ2) is 8.39. The summed E-state index contributed by atoms with van der Waals surface area (Å²) >= 11 is 11.9. The van der Waals surface area contributed by atoms with Crippen molar-refractivity contribution in [2.75, 3.05) is 5.32 Å². The number of rotatable bonds is 6. The van der Waals surface area contributed by atoms with Gasteiger partial charge in [0.15, 0.2) is 5.75 Å². The molecule has 1 atom stereocenters. The van der Waals surface area contributed by atoms with Crippen molar-refractivity contribution in [3.05, 3.63) is 70.2 Å². The molecule has 0 radical (unpaired) electrons. The standard InChI is InChI=1S/C20H19Cl2N3O/c1-2-15(10-13-6-4-3-5-7-13)23-19-9-8-18(24-25-19)14-11-16(21)20(26)17(22)12-14/h3-9,11-12,15,26H,2,10H2,1H3,(H,23,25). The van der Waals surface area contributed by atoms with E-state index in [1.807, 2.05) is 30.3 Å². The molecule has 0 aliphatic carbocycles. The van der Waals surface area contributed by atoms with Gasteiger partial charge in [-0.3, -0.25) is 0 Å². The zero-order valence-electron chi connectivity index (χ0n) is 14.3. The highest BCUT2D eigenvalue weighted by atomic mass is 35.5. The van der Waals surface area contributed by atoms with E-state index >= 15 is 0 Å². The average Bonchev–Trinajstić information content (AvgIpc) is 2.66. The monoisotopic (exact) mass is 387 g/mol. The van der Waals surface area contributed by atoms with Crippen molar-refractivity contribution in [1.29, 1.82) is 0 Å². The van der Waals surface area contributed by atoms with Gasteiger partial charge >= 0.3 is 0 Å². The average molecular weight is 388 g/mol. The Bertz CT molecular complexity index is 847. The Balaban J connectivity index is 1.73. The molecule has 1 heterocycles. The predicted molar refractivity (Wildman–Crippen MR) is 107 cm³/mol. The number of benzene rings is 2. The minimum Gasteiger partial charge on any atom is -0.505 e. The minimum absolute atomic E-state index is 0.130. The lowest BCUT2D eigenvalue weighted by Crippen LogP contribution is -2.22. The summed E-state index contributed by atoms with van der Waals surface area (Å²) < 4.78 is 0. The maximum Gasteiger partial charge on any atom is 0.152 e. The summed E-state index contributed by atoms with van der Waals surface area (Å²) in [5, 5.41) is 22.0. The zero-order chi connectivity index (χ0) is 18.5. The molecule has 3 aromatic rings. The number of phenolic OH excluding ortho intramolecular Hbond substituents is 1. The third kappa shape index (κ3) is 4.45. The first-order valence-corrected chi connectivity index (χ1v) is 9.15. The van der Waals surface area contributed by atoms with Gasteiger partial charge in [0.25, 0.3) is 0 Å². The second-order valence-electron chi connectivity index (χ2n) is 6.03. The molecule has 134 valence electrons. The van der Waals surface area contributed by atoms with Crippen LogP contribution in [0.1, 0.15) is 18.9 Å². The van der Waals surface area contributed by atoms with Crippen LogP contribution in [-0.2, 0) is 6.42 Å². The molecule has 0 fully saturated rings. The van der Waals surface area contributed by atoms with E-state index in [4.69, 9.17) is 23.2 Å². The first-order valence-electron chi connectivity index (χ1n) is 8.39. The summed E-state index contributed by atoms with van der Waals surface area (Å²) in [6.07, 6.45) is 1.89. The highest BCUT2D eigenvalue weighted by Gasteiger charge is 2.11. The van der Waals surface area contributed by atoms with Crippen LogP contribution in [0.25, 0.3) is 11.3 Å². The van der Waals surface area contributed by atoms with Gasteiger partial charge in [-0.25, -0.2) is 0 Å². The number of nitrogens with zero attached hydrogens (tertiary/aromatic N) is 2. The Hall–Kier alpha value is -2.30. The summed E-state index contributed by atoms with van der Waals surface area (Å²) in [5.41, 5.74) is 2.62. The summed E-state index contributed by atoms with van der Waals surface area (Å²) in [7, 11) is 0. The minimum atomic E-state index is -0.130. The number of aromatic nitrogens is 2. The molecule has 26 heavy (non-hydrogen) atoms. The van der Waals surface area contributed by atoms with Gasteiger partial charge in [-0.2, -0.15) is 0 Å². The van der Waals surface area contributed by atoms with Crippen molar-refractivity contribution >= 4 is 29.0 Å². The molecule has 0 spiro atoms. The quantitative estimate of drug-likeness (QED) is 0.578. The van der Waals surface area contributed by atoms with Gasteiger partial charge in [0.1, 0.15) is 5.82 Å². The van der Waals surface area contributed by atoms with Gasteiger partial charge < -0.3 is 10.4 Å². The van der Waals surface area contributed by atoms with E-state index in [-0.39, 0.29) is 21.8 Å². The summed E-state index contributed by atoms with van der Waals surface area (Å²) in [5.74, 6) is 0.586. The molecule has 6 heteroatoms. The van der Waals surface area contributed by atoms with Crippen molar-refractivity contribution in [3.63, 3.8) is 0 Å². The molecule has 0 saturated carbocycles. The van der Waals surface area contributed by atoms with Crippen molar-refractivity contribution < 1.29 is 5.11 Å². The van der Waals surface area contributed by atoms with Gasteiger partial charge in [0.2, 0.25) is 0 Å². The van der Waals surface area contributed by atoms with E-state index in [0.29, 0.717) is 17.1 Å². The van der Waals surface area contributed by atoms with Crippen LogP contribution in [0.15, 0.2) is 54.6 Å². The Kier molecular flexibility index (Phi) is 5.96. The normalized spacial score (nSPS) is 12.0. The number of halogens is 2. The van der Waals surface area contributed by atoms with Crippen LogP contribution in [-0.4, -0.2) is 21.3 Å². The van der Waals surface area contributed by atoms with E-state index in [2.05, 4.69) is 34.6 Å². The number of anilines is 1. The van der Waals surface area contributed by atoms with Gasteiger partial charge in [0.05, 0.1) is 15.7 Å². The number of phenols is 1. The molecule has 3 rings (SSSR count). The smallest absolute Gasteiger partial charge is 0.152 e. The molecule has 2 aromatic carbocycles. The van der Waals surface area contributed by atoms with Crippen LogP contribution >= 0.6 is 23.2 Å².